The number of fused-ring (bicyclic) bond motifs is 9. The lowest BCUT2D eigenvalue weighted by Crippen LogP contribution is -2.55. The molecule has 16 rings (SSSR count). The van der Waals surface area contributed by atoms with Crippen LogP contribution in [0.1, 0.15) is 0 Å². The molecule has 0 aliphatic rings. The number of para-hydroxylation sites is 4. The van der Waals surface area contributed by atoms with E-state index < -0.39 is 10.0 Å². The van der Waals surface area contributed by atoms with Crippen LogP contribution < -0.4 is 54.6 Å². The van der Waals surface area contributed by atoms with E-state index in [2.05, 4.69) is 228 Å². The van der Waals surface area contributed by atoms with Gasteiger partial charge < -0.3 is 13.6 Å². The predicted octanol–water partition coefficient (Wildman–Crippen LogP) is 9.73. The zero-order valence-electron chi connectivity index (χ0n) is 49.7. The van der Waals surface area contributed by atoms with Gasteiger partial charge in [0.25, 0.3) is 0 Å². The van der Waals surface area contributed by atoms with Crippen LogP contribution in [0.2, 0.25) is 0 Å². The molecule has 0 unspecified atom stereocenters. The fraction of sp³-hybridized carbons (Fsp3) is 0. The van der Waals surface area contributed by atoms with Crippen molar-refractivity contribution in [1.29, 1.82) is 0 Å². The monoisotopic (exact) mass is 1160 g/mol. The lowest BCUT2D eigenvalue weighted by atomic mass is 9.58. The quantitative estimate of drug-likeness (QED) is 0.125. The second kappa shape index (κ2) is 22.3. The van der Waals surface area contributed by atoms with Gasteiger partial charge >= 0.3 is 0 Å². The van der Waals surface area contributed by atoms with Crippen LogP contribution in [0.5, 0.6) is 0 Å². The smallest absolute Gasteiger partial charge is 0.135 e. The zero-order valence-corrected chi connectivity index (χ0v) is 50.5. The molecule has 20 radical (unpaired) electrons. The molecule has 0 fully saturated rings. The molecular weight excluding hydrogens is 1120 g/mol. The molecule has 0 spiro atoms. The molecule has 16 aromatic rings. The molecular formula is C78H42B10N2OS. The number of benzene rings is 13. The van der Waals surface area contributed by atoms with Gasteiger partial charge in [0, 0.05) is 74.3 Å². The van der Waals surface area contributed by atoms with E-state index in [1.54, 1.807) is 0 Å². The average molecular weight is 1160 g/mol. The Balaban J connectivity index is 1.03. The first-order chi connectivity index (χ1) is 44.8. The van der Waals surface area contributed by atoms with Gasteiger partial charge in [-0.05, 0) is 125 Å². The summed E-state index contributed by atoms with van der Waals surface area (Å²) in [4.78, 5) is 3.93. The second-order valence-electron chi connectivity index (χ2n) is 23.3. The van der Waals surface area contributed by atoms with Crippen molar-refractivity contribution in [2.45, 2.75) is 19.6 Å². The summed E-state index contributed by atoms with van der Waals surface area (Å²) in [5.74, 6) is 0. The summed E-state index contributed by atoms with van der Waals surface area (Å²) in [6.07, 6.45) is 0. The average Bonchev–Trinajstić information content (AvgIpc) is 1.30. The highest BCUT2D eigenvalue weighted by atomic mass is 32.3. The van der Waals surface area contributed by atoms with Crippen LogP contribution in [0.15, 0.2) is 279 Å². The predicted molar refractivity (Wildman–Crippen MR) is 398 cm³/mol. The highest BCUT2D eigenvalue weighted by Gasteiger charge is 2.37. The molecule has 3 heterocycles. The maximum absolute atomic E-state index is 7.39. The minimum atomic E-state index is -2.53. The van der Waals surface area contributed by atoms with Gasteiger partial charge in [0.15, 0.2) is 0 Å². The van der Waals surface area contributed by atoms with E-state index in [1.807, 2.05) is 36.4 Å². The number of hydrogen-bond acceptors (Lipinski definition) is 1. The summed E-state index contributed by atoms with van der Waals surface area (Å²) in [7, 11) is 68.3. The minimum Gasteiger partial charge on any atom is -0.456 e. The molecule has 92 heavy (non-hydrogen) atoms. The highest BCUT2D eigenvalue weighted by Crippen LogP contribution is 2.74. The van der Waals surface area contributed by atoms with E-state index in [1.165, 1.54) is 0 Å². The minimum absolute atomic E-state index is 0.0673. The SMILES string of the molecule is [B]c1c([B])c([B])c(-c2cc(S(c3ccccc3)(c3ccccc3)c3ccccc3)cc(-c3c([B])c([B])c([B])c([B])c3[B])c2-n2c3ccccc3c3cc(-n4c5ccccc5c5cccc(-c6ccccc6-c6ccc7oc8ccccc8c7c6)c54)ccc32)c([B])c1[B]. The molecule has 3 aromatic heterocycles. The molecule has 0 aliphatic carbocycles. The summed E-state index contributed by atoms with van der Waals surface area (Å²) in [6, 6.07) is 89.1. The zero-order chi connectivity index (χ0) is 62.8. The highest BCUT2D eigenvalue weighted by molar-refractivity contribution is 8.34. The standard InChI is InChI=1S/C78H42B10N2OS/c79-67-65(68(80)72(84)75(87)71(67)83)58-41-48(92(45-19-4-1-5-20-45,46-21-6-2-7-22-46)47-23-8-3-9-24-47)42-59(66-69(81)73(85)76(88)74(86)70(66)82)78(58)90-61-33-16-13-28-52(61)56-40-44(36-37-62(56)90)89-60-32-15-12-27-51(60)55-31-18-30-54(77(55)89)50-26-11-10-25-49(50)43-35-38-64-57(39-43)53-29-14-17-34-63(53)91-64/h1-42H. The Hall–Kier alpha value is -9.74. The van der Waals surface area contributed by atoms with Crippen molar-refractivity contribution in [2.75, 3.05) is 0 Å². The van der Waals surface area contributed by atoms with Crippen LogP contribution in [0.4, 0.5) is 0 Å². The normalized spacial score (nSPS) is 12.1. The van der Waals surface area contributed by atoms with Crippen molar-refractivity contribution < 1.29 is 4.42 Å². The maximum Gasteiger partial charge on any atom is 0.135 e. The Kier molecular flexibility index (Phi) is 13.9. The first-order valence-corrected chi connectivity index (χ1v) is 31.8. The van der Waals surface area contributed by atoms with Crippen molar-refractivity contribution in [2.24, 2.45) is 0 Å². The third-order valence-corrected chi connectivity index (χ3v) is 22.3. The van der Waals surface area contributed by atoms with Gasteiger partial charge in [-0.25, -0.2) is 0 Å². The van der Waals surface area contributed by atoms with Crippen LogP contribution in [0.25, 0.3) is 121 Å². The van der Waals surface area contributed by atoms with E-state index in [9.17, 15) is 0 Å². The van der Waals surface area contributed by atoms with Gasteiger partial charge in [-0.15, -0.1) is 42.8 Å². The van der Waals surface area contributed by atoms with E-state index in [4.69, 9.17) is 82.9 Å². The van der Waals surface area contributed by atoms with Crippen LogP contribution >= 0.6 is 10.0 Å². The summed E-state index contributed by atoms with van der Waals surface area (Å²) < 4.78 is 10.9. The Labute approximate surface area is 548 Å². The third-order valence-electron chi connectivity index (χ3n) is 18.4. The first kappa shape index (κ1) is 57.4. The first-order valence-electron chi connectivity index (χ1n) is 30.1. The van der Waals surface area contributed by atoms with Gasteiger partial charge in [-0.2, -0.15) is 0 Å². The molecule has 406 valence electrons. The van der Waals surface area contributed by atoms with Crippen molar-refractivity contribution in [3.63, 3.8) is 0 Å². The van der Waals surface area contributed by atoms with Crippen LogP contribution in [0.3, 0.4) is 0 Å². The molecule has 0 amide bonds. The molecule has 3 nitrogen and oxygen atoms in total. The van der Waals surface area contributed by atoms with Crippen molar-refractivity contribution in [1.82, 2.24) is 9.13 Å². The maximum atomic E-state index is 7.39. The Morgan fingerprint density at radius 1 is 0.261 bits per heavy atom. The summed E-state index contributed by atoms with van der Waals surface area (Å²) in [5.41, 5.74) is 13.9. The van der Waals surface area contributed by atoms with Gasteiger partial charge in [-0.3, -0.25) is 0 Å². The van der Waals surface area contributed by atoms with Gasteiger partial charge in [-0.1, -0.05) is 180 Å². The third kappa shape index (κ3) is 8.59. The summed E-state index contributed by atoms with van der Waals surface area (Å²) >= 11 is 0. The fourth-order valence-corrected chi connectivity index (χ4v) is 18.0. The van der Waals surface area contributed by atoms with E-state index in [0.717, 1.165) is 113 Å². The molecule has 0 atom stereocenters. The Bertz CT molecular complexity index is 5480. The number of nitrogens with zero attached hydrogens (tertiary/aromatic N) is 2. The summed E-state index contributed by atoms with van der Waals surface area (Å²) in [5, 5.41) is 6.21. The Morgan fingerprint density at radius 3 is 1.25 bits per heavy atom. The van der Waals surface area contributed by atoms with Crippen LogP contribution in [-0.4, -0.2) is 87.6 Å². The van der Waals surface area contributed by atoms with Crippen molar-refractivity contribution in [3.05, 3.63) is 255 Å². The molecule has 14 heteroatoms. The number of furan rings is 1. The summed E-state index contributed by atoms with van der Waals surface area (Å²) in [6.45, 7) is 0. The van der Waals surface area contributed by atoms with E-state index in [0.29, 0.717) is 27.9 Å². The van der Waals surface area contributed by atoms with E-state index >= 15 is 0 Å². The lowest BCUT2D eigenvalue weighted by molar-refractivity contribution is 0.669. The largest absolute Gasteiger partial charge is 0.456 e. The second-order valence-corrected chi connectivity index (χ2v) is 26.4. The van der Waals surface area contributed by atoms with Gasteiger partial charge in [0.2, 0.25) is 0 Å². The molecule has 0 saturated carbocycles. The lowest BCUT2D eigenvalue weighted by Gasteiger charge is -2.43. The van der Waals surface area contributed by atoms with E-state index in [-0.39, 0.29) is 54.6 Å². The topological polar surface area (TPSA) is 23.0 Å². The van der Waals surface area contributed by atoms with Crippen LogP contribution in [0, 0.1) is 0 Å². The Morgan fingerprint density at radius 2 is 0.685 bits per heavy atom. The number of aromatic nitrogens is 2. The molecule has 0 aliphatic heterocycles. The number of hydrogen-bond donors (Lipinski definition) is 0. The van der Waals surface area contributed by atoms with Crippen LogP contribution in [-0.2, 0) is 0 Å². The number of rotatable bonds is 10. The molecule has 13 aromatic carbocycles. The molecule has 0 saturated heterocycles. The molecule has 0 N–H and O–H groups in total. The van der Waals surface area contributed by atoms with Crippen molar-refractivity contribution in [3.8, 4) is 55.9 Å². The molecule has 0 bridgehead atoms. The van der Waals surface area contributed by atoms with Gasteiger partial charge in [0.05, 0.1) is 27.8 Å². The van der Waals surface area contributed by atoms with Gasteiger partial charge in [0.1, 0.15) is 89.6 Å². The fourth-order valence-electron chi connectivity index (χ4n) is 14.1. The van der Waals surface area contributed by atoms with Crippen molar-refractivity contribution >= 4 is 209 Å².